The zero-order valence-electron chi connectivity index (χ0n) is 13.9. The number of hydrogen-bond donors (Lipinski definition) is 0. The number of carbonyl (C=O) groups excluding carboxylic acids is 1. The number of amides is 1. The Labute approximate surface area is 153 Å². The maximum atomic E-state index is 13.1. The summed E-state index contributed by atoms with van der Waals surface area (Å²) in [6.45, 7) is 2.30. The molecule has 0 saturated carbocycles. The number of nitro groups is 1. The van der Waals surface area contributed by atoms with E-state index in [1.165, 1.54) is 23.5 Å². The standard InChI is InChI=1S/C18H14N4O3S/c1-11-16(26-17(20-11)14-4-2-3-8-19-14)18(23)21-9-7-12-5-6-13(22(24)25)10-15(12)21/h2-6,8,10H,7,9H2,1H3. The van der Waals surface area contributed by atoms with Crippen LogP contribution in [0.5, 0.6) is 0 Å². The Hall–Kier alpha value is -3.13. The van der Waals surface area contributed by atoms with Gasteiger partial charge in [-0.1, -0.05) is 12.1 Å². The minimum atomic E-state index is -0.446. The highest BCUT2D eigenvalue weighted by Gasteiger charge is 2.30. The number of fused-ring (bicyclic) bond motifs is 1. The smallest absolute Gasteiger partial charge is 0.271 e. The van der Waals surface area contributed by atoms with Crippen LogP contribution < -0.4 is 4.90 Å². The molecule has 2 aromatic heterocycles. The molecule has 1 aliphatic rings. The third kappa shape index (κ3) is 2.74. The Morgan fingerprint density at radius 3 is 2.88 bits per heavy atom. The number of rotatable bonds is 3. The molecule has 0 aliphatic carbocycles. The van der Waals surface area contributed by atoms with E-state index in [9.17, 15) is 14.9 Å². The van der Waals surface area contributed by atoms with Gasteiger partial charge in [-0.25, -0.2) is 4.98 Å². The summed E-state index contributed by atoms with van der Waals surface area (Å²) in [6.07, 6.45) is 2.37. The zero-order valence-corrected chi connectivity index (χ0v) is 14.7. The van der Waals surface area contributed by atoms with Gasteiger partial charge in [0, 0.05) is 24.9 Å². The van der Waals surface area contributed by atoms with Crippen LogP contribution in [0, 0.1) is 17.0 Å². The maximum Gasteiger partial charge on any atom is 0.271 e. The molecule has 0 spiro atoms. The number of thiazole rings is 1. The van der Waals surface area contributed by atoms with Crippen LogP contribution in [-0.4, -0.2) is 27.3 Å². The van der Waals surface area contributed by atoms with E-state index in [1.54, 1.807) is 24.1 Å². The molecule has 0 unspecified atom stereocenters. The Morgan fingerprint density at radius 1 is 1.31 bits per heavy atom. The van der Waals surface area contributed by atoms with Gasteiger partial charge in [-0.05, 0) is 31.0 Å². The summed E-state index contributed by atoms with van der Waals surface area (Å²) in [7, 11) is 0. The summed E-state index contributed by atoms with van der Waals surface area (Å²) < 4.78 is 0. The van der Waals surface area contributed by atoms with E-state index in [0.29, 0.717) is 34.2 Å². The first kappa shape index (κ1) is 16.3. The van der Waals surface area contributed by atoms with E-state index in [2.05, 4.69) is 9.97 Å². The molecule has 0 atom stereocenters. The van der Waals surface area contributed by atoms with Crippen molar-refractivity contribution in [3.63, 3.8) is 0 Å². The monoisotopic (exact) mass is 366 g/mol. The second-order valence-electron chi connectivity index (χ2n) is 5.93. The first-order valence-electron chi connectivity index (χ1n) is 8.02. The summed E-state index contributed by atoms with van der Waals surface area (Å²) in [5.41, 5.74) is 2.89. The fourth-order valence-electron chi connectivity index (χ4n) is 3.01. The second kappa shape index (κ2) is 6.30. The molecule has 3 heterocycles. The Kier molecular flexibility index (Phi) is 3.96. The van der Waals surface area contributed by atoms with Crippen molar-refractivity contribution in [3.05, 3.63) is 68.8 Å². The van der Waals surface area contributed by atoms with E-state index in [1.807, 2.05) is 18.2 Å². The van der Waals surface area contributed by atoms with Gasteiger partial charge in [0.05, 0.1) is 22.0 Å². The molecule has 4 rings (SSSR count). The van der Waals surface area contributed by atoms with E-state index >= 15 is 0 Å². The van der Waals surface area contributed by atoms with Crippen molar-refractivity contribution in [2.75, 3.05) is 11.4 Å². The molecular formula is C18H14N4O3S. The summed E-state index contributed by atoms with van der Waals surface area (Å²) in [6, 6.07) is 10.2. The topological polar surface area (TPSA) is 89.2 Å². The third-order valence-electron chi connectivity index (χ3n) is 4.30. The van der Waals surface area contributed by atoms with E-state index in [0.717, 1.165) is 11.3 Å². The van der Waals surface area contributed by atoms with Gasteiger partial charge in [-0.2, -0.15) is 0 Å². The largest absolute Gasteiger partial charge is 0.307 e. The van der Waals surface area contributed by atoms with Crippen LogP contribution in [0.3, 0.4) is 0 Å². The normalized spacial score (nSPS) is 12.9. The van der Waals surface area contributed by atoms with Crippen LogP contribution in [0.15, 0.2) is 42.6 Å². The SMILES string of the molecule is Cc1nc(-c2ccccn2)sc1C(=O)N1CCc2ccc([N+](=O)[O-])cc21. The summed E-state index contributed by atoms with van der Waals surface area (Å²) in [5, 5.41) is 11.7. The van der Waals surface area contributed by atoms with Gasteiger partial charge >= 0.3 is 0 Å². The molecule has 1 aliphatic heterocycles. The Balaban J connectivity index is 1.69. The van der Waals surface area contributed by atoms with Crippen LogP contribution in [0.25, 0.3) is 10.7 Å². The molecule has 0 N–H and O–H groups in total. The molecule has 0 fully saturated rings. The van der Waals surface area contributed by atoms with Crippen molar-refractivity contribution >= 4 is 28.6 Å². The molecule has 1 aromatic carbocycles. The Bertz CT molecular complexity index is 1020. The highest BCUT2D eigenvalue weighted by atomic mass is 32.1. The lowest BCUT2D eigenvalue weighted by Crippen LogP contribution is -2.28. The van der Waals surface area contributed by atoms with Gasteiger partial charge in [0.2, 0.25) is 0 Å². The number of carbonyl (C=O) groups is 1. The number of aromatic nitrogens is 2. The van der Waals surface area contributed by atoms with Crippen LogP contribution in [0.1, 0.15) is 20.9 Å². The lowest BCUT2D eigenvalue weighted by Gasteiger charge is -2.16. The van der Waals surface area contributed by atoms with E-state index in [4.69, 9.17) is 0 Å². The van der Waals surface area contributed by atoms with Gasteiger partial charge in [-0.3, -0.25) is 19.9 Å². The van der Waals surface area contributed by atoms with Gasteiger partial charge in [-0.15, -0.1) is 11.3 Å². The van der Waals surface area contributed by atoms with Crippen LogP contribution in [0.2, 0.25) is 0 Å². The third-order valence-corrected chi connectivity index (χ3v) is 5.46. The van der Waals surface area contributed by atoms with Crippen LogP contribution in [0.4, 0.5) is 11.4 Å². The molecule has 0 saturated heterocycles. The maximum absolute atomic E-state index is 13.1. The second-order valence-corrected chi connectivity index (χ2v) is 6.92. The molecule has 26 heavy (non-hydrogen) atoms. The van der Waals surface area contributed by atoms with E-state index < -0.39 is 4.92 Å². The van der Waals surface area contributed by atoms with Crippen molar-refractivity contribution < 1.29 is 9.72 Å². The first-order chi connectivity index (χ1) is 12.5. The molecule has 7 nitrogen and oxygen atoms in total. The average Bonchev–Trinajstić information content (AvgIpc) is 3.25. The molecular weight excluding hydrogens is 352 g/mol. The lowest BCUT2D eigenvalue weighted by atomic mass is 10.1. The molecule has 8 heteroatoms. The molecule has 130 valence electrons. The summed E-state index contributed by atoms with van der Waals surface area (Å²) in [5.74, 6) is -0.179. The minimum absolute atomic E-state index is 0.0151. The predicted octanol–water partition coefficient (Wildman–Crippen LogP) is 3.62. The number of aryl methyl sites for hydroxylation is 1. The summed E-state index contributed by atoms with van der Waals surface area (Å²) in [4.78, 5) is 34.6. The molecule has 0 radical (unpaired) electrons. The lowest BCUT2D eigenvalue weighted by molar-refractivity contribution is -0.384. The number of anilines is 1. The number of benzene rings is 1. The first-order valence-corrected chi connectivity index (χ1v) is 8.84. The molecule has 0 bridgehead atoms. The summed E-state index contributed by atoms with van der Waals surface area (Å²) >= 11 is 1.29. The van der Waals surface area contributed by atoms with Crippen molar-refractivity contribution in [2.45, 2.75) is 13.3 Å². The van der Waals surface area contributed by atoms with Crippen molar-refractivity contribution in [1.29, 1.82) is 0 Å². The number of pyridine rings is 1. The number of nitrogens with zero attached hydrogens (tertiary/aromatic N) is 4. The fraction of sp³-hybridized carbons (Fsp3) is 0.167. The van der Waals surface area contributed by atoms with Crippen LogP contribution >= 0.6 is 11.3 Å². The zero-order chi connectivity index (χ0) is 18.3. The highest BCUT2D eigenvalue weighted by Crippen LogP contribution is 2.35. The molecule has 3 aromatic rings. The number of non-ortho nitro benzene ring substituents is 1. The molecule has 1 amide bonds. The van der Waals surface area contributed by atoms with Gasteiger partial charge < -0.3 is 4.90 Å². The average molecular weight is 366 g/mol. The minimum Gasteiger partial charge on any atom is -0.307 e. The highest BCUT2D eigenvalue weighted by molar-refractivity contribution is 7.17. The van der Waals surface area contributed by atoms with Crippen molar-refractivity contribution in [1.82, 2.24) is 9.97 Å². The van der Waals surface area contributed by atoms with Crippen molar-refractivity contribution in [3.8, 4) is 10.7 Å². The van der Waals surface area contributed by atoms with Crippen LogP contribution in [-0.2, 0) is 6.42 Å². The fourth-order valence-corrected chi connectivity index (χ4v) is 4.00. The van der Waals surface area contributed by atoms with Gasteiger partial charge in [0.25, 0.3) is 11.6 Å². The van der Waals surface area contributed by atoms with Crippen molar-refractivity contribution in [2.24, 2.45) is 0 Å². The van der Waals surface area contributed by atoms with Gasteiger partial charge in [0.15, 0.2) is 0 Å². The Morgan fingerprint density at radius 2 is 2.15 bits per heavy atom. The van der Waals surface area contributed by atoms with E-state index in [-0.39, 0.29) is 11.6 Å². The number of hydrogen-bond acceptors (Lipinski definition) is 6. The predicted molar refractivity (Wildman–Crippen MR) is 98.6 cm³/mol. The quantitative estimate of drug-likeness (QED) is 0.522. The number of nitro benzene ring substituents is 1. The van der Waals surface area contributed by atoms with Gasteiger partial charge in [0.1, 0.15) is 9.88 Å².